The van der Waals surface area contributed by atoms with Crippen molar-refractivity contribution in [2.24, 2.45) is 0 Å². The summed E-state index contributed by atoms with van der Waals surface area (Å²) < 4.78 is 5.41. The van der Waals surface area contributed by atoms with Crippen LogP contribution in [0.5, 0.6) is 5.75 Å². The molecular weight excluding hydrogens is 415 g/mol. The number of thioether (sulfide) groups is 1. The predicted octanol–water partition coefficient (Wildman–Crippen LogP) is 3.03. The number of nitrogens with one attached hydrogen (secondary N) is 1. The Kier molecular flexibility index (Phi) is 6.31. The quantitative estimate of drug-likeness (QED) is 0.696. The highest BCUT2D eigenvalue weighted by Gasteiger charge is 2.36. The average molecular weight is 431 g/mol. The first-order valence-corrected chi connectivity index (χ1v) is 9.74. The van der Waals surface area contributed by atoms with Crippen LogP contribution in [0.15, 0.2) is 17.0 Å². The molecule has 0 aromatic heterocycles. The average Bonchev–Trinajstić information content (AvgIpc) is 3.22. The second-order valence-corrected chi connectivity index (χ2v) is 7.85. The molecule has 3 rings (SSSR count). The van der Waals surface area contributed by atoms with Gasteiger partial charge in [0.2, 0.25) is 5.91 Å². The zero-order valence-corrected chi connectivity index (χ0v) is 16.4. The molecule has 0 unspecified atom stereocenters. The van der Waals surface area contributed by atoms with E-state index in [4.69, 9.17) is 27.9 Å². The number of carbonyl (C=O) groups is 3. The molecular formula is C17H16Cl2N2O5S. The van der Waals surface area contributed by atoms with Crippen LogP contribution in [0.2, 0.25) is 10.0 Å². The van der Waals surface area contributed by atoms with Crippen molar-refractivity contribution in [1.82, 2.24) is 10.2 Å². The number of hydrogen-bond acceptors (Lipinski definition) is 6. The number of carbonyl (C=O) groups excluding carboxylic acids is 3. The van der Waals surface area contributed by atoms with Crippen molar-refractivity contribution in [3.63, 3.8) is 0 Å². The fraction of sp³-hybridized carbons (Fsp3) is 0.353. The lowest BCUT2D eigenvalue weighted by molar-refractivity contribution is -0.129. The highest BCUT2D eigenvalue weighted by atomic mass is 35.5. The van der Waals surface area contributed by atoms with Gasteiger partial charge in [-0.1, -0.05) is 23.2 Å². The van der Waals surface area contributed by atoms with Crippen molar-refractivity contribution in [2.45, 2.75) is 18.9 Å². The molecule has 2 aliphatic heterocycles. The van der Waals surface area contributed by atoms with Crippen LogP contribution >= 0.6 is 35.0 Å². The fourth-order valence-corrected chi connectivity index (χ4v) is 4.03. The second-order valence-electron chi connectivity index (χ2n) is 6.04. The Labute approximate surface area is 169 Å². The molecule has 2 fully saturated rings. The van der Waals surface area contributed by atoms with Gasteiger partial charge in [0.1, 0.15) is 6.54 Å². The topological polar surface area (TPSA) is 95.9 Å². The molecule has 10 heteroatoms. The molecule has 0 aliphatic carbocycles. The molecule has 0 bridgehead atoms. The van der Waals surface area contributed by atoms with Crippen molar-refractivity contribution < 1.29 is 24.2 Å². The number of ether oxygens (including phenoxy) is 1. The molecule has 2 aliphatic rings. The van der Waals surface area contributed by atoms with E-state index in [1.807, 2.05) is 0 Å². The van der Waals surface area contributed by atoms with Crippen LogP contribution in [0.3, 0.4) is 0 Å². The zero-order valence-electron chi connectivity index (χ0n) is 14.0. The van der Waals surface area contributed by atoms with Gasteiger partial charge in [0.05, 0.1) is 21.1 Å². The van der Waals surface area contributed by atoms with E-state index in [0.29, 0.717) is 18.7 Å². The summed E-state index contributed by atoms with van der Waals surface area (Å²) in [5.74, 6) is -1.26. The number of amides is 3. The molecule has 0 saturated carbocycles. The summed E-state index contributed by atoms with van der Waals surface area (Å²) in [5, 5.41) is 11.8. The lowest BCUT2D eigenvalue weighted by Gasteiger charge is -2.14. The summed E-state index contributed by atoms with van der Waals surface area (Å²) in [6.45, 7) is 0.681. The largest absolute Gasteiger partial charge is 0.505 e. The van der Waals surface area contributed by atoms with E-state index >= 15 is 0 Å². The normalized spacial score (nSPS) is 21.3. The van der Waals surface area contributed by atoms with Gasteiger partial charge < -0.3 is 15.2 Å². The number of aromatic hydroxyl groups is 1. The van der Waals surface area contributed by atoms with Crippen molar-refractivity contribution in [1.29, 1.82) is 0 Å². The van der Waals surface area contributed by atoms with E-state index < -0.39 is 17.1 Å². The maximum atomic E-state index is 12.4. The van der Waals surface area contributed by atoms with E-state index in [1.165, 1.54) is 18.2 Å². The van der Waals surface area contributed by atoms with Crippen LogP contribution in [0.1, 0.15) is 18.4 Å². The predicted molar refractivity (Wildman–Crippen MR) is 103 cm³/mol. The van der Waals surface area contributed by atoms with E-state index in [9.17, 15) is 19.5 Å². The van der Waals surface area contributed by atoms with Gasteiger partial charge in [-0.15, -0.1) is 0 Å². The molecule has 3 amide bonds. The van der Waals surface area contributed by atoms with Crippen molar-refractivity contribution >= 4 is 58.1 Å². The standard InChI is InChI=1S/C17H16Cl2N2O5S/c18-11-4-9(5-12(19)15(11)23)6-13-16(24)21(17(25)27-13)8-14(22)20-7-10-2-1-3-26-10/h4-6,10,23H,1-3,7-8H2,(H,20,22)/b13-6-/t10-/m1/s1. The summed E-state index contributed by atoms with van der Waals surface area (Å²) in [5.41, 5.74) is 0.455. The smallest absolute Gasteiger partial charge is 0.294 e. The molecule has 1 aromatic carbocycles. The third kappa shape index (κ3) is 4.76. The Bertz CT molecular complexity index is 801. The Balaban J connectivity index is 1.64. The first kappa shape index (κ1) is 20.0. The fourth-order valence-electron chi connectivity index (χ4n) is 2.69. The SMILES string of the molecule is O=C(CN1C(=O)S/C(=C\c2cc(Cl)c(O)c(Cl)c2)C1=O)NC[C@H]1CCCO1. The first-order valence-electron chi connectivity index (χ1n) is 8.17. The van der Waals surface area contributed by atoms with Gasteiger partial charge >= 0.3 is 0 Å². The van der Waals surface area contributed by atoms with Crippen molar-refractivity contribution in [2.75, 3.05) is 19.7 Å². The summed E-state index contributed by atoms with van der Waals surface area (Å²) in [6, 6.07) is 2.84. The maximum absolute atomic E-state index is 12.4. The zero-order chi connectivity index (χ0) is 19.6. The van der Waals surface area contributed by atoms with E-state index in [2.05, 4.69) is 5.32 Å². The molecule has 0 spiro atoms. The van der Waals surface area contributed by atoms with Gasteiger partial charge in [-0.25, -0.2) is 0 Å². The van der Waals surface area contributed by atoms with E-state index in [0.717, 1.165) is 29.5 Å². The molecule has 7 nitrogen and oxygen atoms in total. The van der Waals surface area contributed by atoms with Gasteiger partial charge in [-0.3, -0.25) is 19.3 Å². The minimum Gasteiger partial charge on any atom is -0.505 e. The summed E-state index contributed by atoms with van der Waals surface area (Å²) >= 11 is 12.4. The number of benzene rings is 1. The first-order chi connectivity index (χ1) is 12.8. The Morgan fingerprint density at radius 3 is 2.70 bits per heavy atom. The molecule has 0 radical (unpaired) electrons. The number of hydrogen-bond donors (Lipinski definition) is 2. The maximum Gasteiger partial charge on any atom is 0.294 e. The van der Waals surface area contributed by atoms with Crippen molar-refractivity contribution in [3.05, 3.63) is 32.6 Å². The monoisotopic (exact) mass is 430 g/mol. The van der Waals surface area contributed by atoms with Gasteiger partial charge in [-0.05, 0) is 48.4 Å². The van der Waals surface area contributed by atoms with E-state index in [1.54, 1.807) is 0 Å². The van der Waals surface area contributed by atoms with Gasteiger partial charge in [-0.2, -0.15) is 0 Å². The van der Waals surface area contributed by atoms with Crippen molar-refractivity contribution in [3.8, 4) is 5.75 Å². The highest BCUT2D eigenvalue weighted by Crippen LogP contribution is 2.36. The lowest BCUT2D eigenvalue weighted by Crippen LogP contribution is -2.41. The van der Waals surface area contributed by atoms with Crippen LogP contribution in [0.25, 0.3) is 6.08 Å². The number of halogens is 2. The minimum atomic E-state index is -0.572. The molecule has 27 heavy (non-hydrogen) atoms. The van der Waals surface area contributed by atoms with Crippen LogP contribution in [-0.4, -0.2) is 52.9 Å². The van der Waals surface area contributed by atoms with Crippen LogP contribution in [0.4, 0.5) is 4.79 Å². The van der Waals surface area contributed by atoms with Crippen LogP contribution in [0, 0.1) is 0 Å². The van der Waals surface area contributed by atoms with Gasteiger partial charge in [0.15, 0.2) is 5.75 Å². The summed E-state index contributed by atoms with van der Waals surface area (Å²) in [6.07, 6.45) is 3.25. The van der Waals surface area contributed by atoms with Gasteiger partial charge in [0.25, 0.3) is 11.1 Å². The number of phenols is 1. The Morgan fingerprint density at radius 2 is 2.07 bits per heavy atom. The molecule has 144 valence electrons. The summed E-state index contributed by atoms with van der Waals surface area (Å²) in [7, 11) is 0. The van der Waals surface area contributed by atoms with Crippen LogP contribution in [-0.2, 0) is 14.3 Å². The Hall–Kier alpha value is -1.74. The third-order valence-electron chi connectivity index (χ3n) is 4.06. The molecule has 2 heterocycles. The Morgan fingerprint density at radius 1 is 1.37 bits per heavy atom. The number of phenolic OH excluding ortho intramolecular Hbond substituents is 1. The third-order valence-corrected chi connectivity index (χ3v) is 5.55. The number of nitrogens with zero attached hydrogens (tertiary/aromatic N) is 1. The second kappa shape index (κ2) is 8.52. The van der Waals surface area contributed by atoms with Crippen LogP contribution < -0.4 is 5.32 Å². The summed E-state index contributed by atoms with van der Waals surface area (Å²) in [4.78, 5) is 37.6. The minimum absolute atomic E-state index is 0.0206. The lowest BCUT2D eigenvalue weighted by atomic mass is 10.2. The molecule has 2 N–H and O–H groups in total. The number of rotatable bonds is 5. The number of imide groups is 1. The van der Waals surface area contributed by atoms with Gasteiger partial charge in [0, 0.05) is 13.2 Å². The molecule has 1 aromatic rings. The van der Waals surface area contributed by atoms with E-state index in [-0.39, 0.29) is 33.3 Å². The molecule has 1 atom stereocenters. The molecule has 2 saturated heterocycles. The highest BCUT2D eigenvalue weighted by molar-refractivity contribution is 8.18.